The summed E-state index contributed by atoms with van der Waals surface area (Å²) in [5.74, 6) is 5.51. The van der Waals surface area contributed by atoms with Crippen LogP contribution in [-0.4, -0.2) is 47.7 Å². The molecule has 1 aliphatic rings. The summed E-state index contributed by atoms with van der Waals surface area (Å²) in [4.78, 5) is 18.2. The third-order valence-electron chi connectivity index (χ3n) is 7.46. The van der Waals surface area contributed by atoms with Gasteiger partial charge in [-0.15, -0.1) is 0 Å². The van der Waals surface area contributed by atoms with Crippen molar-refractivity contribution in [3.63, 3.8) is 0 Å². The van der Waals surface area contributed by atoms with Crippen LogP contribution < -0.4 is 4.74 Å². The van der Waals surface area contributed by atoms with Gasteiger partial charge in [-0.2, -0.15) is 0 Å². The quantitative estimate of drug-likeness (QED) is 0.320. The molecule has 3 aromatic rings. The number of carbonyl (C=O) groups is 1. The molecule has 2 aromatic carbocycles. The number of ether oxygens (including phenoxy) is 1. The zero-order chi connectivity index (χ0) is 27.3. The van der Waals surface area contributed by atoms with Gasteiger partial charge in [-0.25, -0.2) is 8.78 Å². The second-order valence-corrected chi connectivity index (χ2v) is 10.4. The van der Waals surface area contributed by atoms with Crippen LogP contribution in [0.2, 0.25) is 5.02 Å². The lowest BCUT2D eigenvalue weighted by Crippen LogP contribution is -2.41. The van der Waals surface area contributed by atoms with Crippen molar-refractivity contribution in [3.8, 4) is 17.6 Å². The average molecular weight is 541 g/mol. The Bertz CT molecular complexity index is 1380. The van der Waals surface area contributed by atoms with Gasteiger partial charge >= 0.3 is 5.97 Å². The second-order valence-electron chi connectivity index (χ2n) is 10.0. The zero-order valence-corrected chi connectivity index (χ0v) is 22.3. The maximum atomic E-state index is 15.7. The Morgan fingerprint density at radius 2 is 2.03 bits per heavy atom. The van der Waals surface area contributed by atoms with E-state index in [0.717, 1.165) is 0 Å². The topological polar surface area (TPSA) is 62.7 Å². The van der Waals surface area contributed by atoms with Gasteiger partial charge in [0.15, 0.2) is 0 Å². The first-order chi connectivity index (χ1) is 18.2. The Labute approximate surface area is 226 Å². The third-order valence-corrected chi connectivity index (χ3v) is 7.76. The number of aliphatic carboxylic acids is 1. The number of pyridine rings is 1. The van der Waals surface area contributed by atoms with Crippen molar-refractivity contribution < 1.29 is 23.4 Å². The molecule has 1 aliphatic heterocycles. The molecule has 0 unspecified atom stereocenters. The van der Waals surface area contributed by atoms with Crippen LogP contribution in [0.5, 0.6) is 5.75 Å². The number of piperidine rings is 1. The summed E-state index contributed by atoms with van der Waals surface area (Å²) in [5.41, 5.74) is 1.68. The first kappa shape index (κ1) is 27.8. The maximum absolute atomic E-state index is 15.7. The van der Waals surface area contributed by atoms with Crippen LogP contribution in [0, 0.1) is 30.0 Å². The molecule has 2 heterocycles. The summed E-state index contributed by atoms with van der Waals surface area (Å²) in [6, 6.07) is 10.2. The lowest BCUT2D eigenvalue weighted by molar-refractivity contribution is -0.141. The van der Waals surface area contributed by atoms with E-state index in [0.29, 0.717) is 72.2 Å². The largest absolute Gasteiger partial charge is 0.497 e. The molecule has 1 atom stereocenters. The number of alkyl halides is 1. The molecule has 1 fully saturated rings. The van der Waals surface area contributed by atoms with Gasteiger partial charge in [0.25, 0.3) is 0 Å². The van der Waals surface area contributed by atoms with Gasteiger partial charge in [-0.1, -0.05) is 29.5 Å². The molecule has 38 heavy (non-hydrogen) atoms. The molecule has 5 nitrogen and oxygen atoms in total. The summed E-state index contributed by atoms with van der Waals surface area (Å²) in [7, 11) is 1.54. The van der Waals surface area contributed by atoms with Crippen LogP contribution in [0.25, 0.3) is 10.9 Å². The van der Waals surface area contributed by atoms with E-state index in [9.17, 15) is 14.3 Å². The van der Waals surface area contributed by atoms with Crippen LogP contribution in [0.1, 0.15) is 55.0 Å². The molecule has 0 amide bonds. The lowest BCUT2D eigenvalue weighted by Gasteiger charge is -2.41. The molecular weight excluding hydrogens is 510 g/mol. The summed E-state index contributed by atoms with van der Waals surface area (Å²) in [6.07, 6.45) is 1.91. The predicted octanol–water partition coefficient (Wildman–Crippen LogP) is 6.74. The van der Waals surface area contributed by atoms with Gasteiger partial charge in [-0.05, 0) is 87.0 Å². The molecule has 8 heteroatoms. The highest BCUT2D eigenvalue weighted by atomic mass is 35.5. The van der Waals surface area contributed by atoms with Crippen molar-refractivity contribution >= 4 is 28.5 Å². The van der Waals surface area contributed by atoms with E-state index in [1.54, 1.807) is 44.4 Å². The Morgan fingerprint density at radius 1 is 1.26 bits per heavy atom. The first-order valence-corrected chi connectivity index (χ1v) is 13.0. The summed E-state index contributed by atoms with van der Waals surface area (Å²) < 4.78 is 34.8. The molecule has 0 saturated carbocycles. The smallest absolute Gasteiger partial charge is 0.303 e. The molecule has 200 valence electrons. The van der Waals surface area contributed by atoms with E-state index >= 15 is 4.39 Å². The van der Waals surface area contributed by atoms with Crippen LogP contribution in [0.4, 0.5) is 8.78 Å². The lowest BCUT2D eigenvalue weighted by atomic mass is 9.71. The van der Waals surface area contributed by atoms with Gasteiger partial charge in [-0.3, -0.25) is 14.7 Å². The van der Waals surface area contributed by atoms with Crippen molar-refractivity contribution in [2.45, 2.75) is 45.2 Å². The van der Waals surface area contributed by atoms with Gasteiger partial charge in [0, 0.05) is 22.7 Å². The molecule has 0 spiro atoms. The van der Waals surface area contributed by atoms with E-state index in [-0.39, 0.29) is 23.7 Å². The zero-order valence-electron chi connectivity index (χ0n) is 21.6. The van der Waals surface area contributed by atoms with Crippen molar-refractivity contribution in [2.24, 2.45) is 5.41 Å². The number of nitrogens with zero attached hydrogens (tertiary/aromatic N) is 2. The molecule has 1 N–H and O–H groups in total. The highest BCUT2D eigenvalue weighted by Gasteiger charge is 2.37. The van der Waals surface area contributed by atoms with Crippen LogP contribution in [0.15, 0.2) is 42.6 Å². The molecule has 1 saturated heterocycles. The molecular formula is C30H31ClF2N2O3. The van der Waals surface area contributed by atoms with Crippen molar-refractivity contribution in [2.75, 3.05) is 26.7 Å². The van der Waals surface area contributed by atoms with Gasteiger partial charge in [0.1, 0.15) is 17.7 Å². The number of fused-ring (bicyclic) bond motifs is 1. The van der Waals surface area contributed by atoms with Crippen LogP contribution in [0.3, 0.4) is 0 Å². The highest BCUT2D eigenvalue weighted by Crippen LogP contribution is 2.44. The van der Waals surface area contributed by atoms with Crippen molar-refractivity contribution in [1.82, 2.24) is 9.88 Å². The fourth-order valence-electron chi connectivity index (χ4n) is 5.14. The fraction of sp³-hybridized carbons (Fsp3) is 0.400. The number of carboxylic acid groups (broad SMARTS) is 1. The Hall–Kier alpha value is -3.21. The normalized spacial score (nSPS) is 16.0. The number of benzene rings is 2. The standard InChI is InChI=1S/C30H31ClF2N2O3/c1-20-5-6-21(16-26(20)33)4-3-13-35-14-11-30(12-15-35,18-28(36)37)10-9-25(32)29-23-17-22(38-2)7-8-27(23)34-19-24(29)31/h5-8,16-17,19,25H,9-15,18H2,1-2H3,(H,36,37)/t25-/m0/s1. The minimum absolute atomic E-state index is 0.0134. The number of carboxylic acids is 1. The molecule has 4 rings (SSSR count). The fourth-order valence-corrected chi connectivity index (χ4v) is 5.40. The number of likely N-dealkylation sites (tertiary alicyclic amines) is 1. The van der Waals surface area contributed by atoms with E-state index in [4.69, 9.17) is 16.3 Å². The minimum atomic E-state index is -1.37. The number of rotatable bonds is 8. The first-order valence-electron chi connectivity index (χ1n) is 12.6. The van der Waals surface area contributed by atoms with E-state index in [1.165, 1.54) is 12.3 Å². The summed E-state index contributed by atoms with van der Waals surface area (Å²) >= 11 is 6.38. The number of methoxy groups -OCH3 is 1. The van der Waals surface area contributed by atoms with Gasteiger partial charge in [0.2, 0.25) is 0 Å². The SMILES string of the molecule is COc1ccc2ncc(Cl)c([C@@H](F)CCC3(CC(=O)O)CCN(CC#Cc4ccc(C)c(F)c4)CC3)c2c1. The Morgan fingerprint density at radius 3 is 2.71 bits per heavy atom. The number of aryl methyl sites for hydroxylation is 1. The Kier molecular flexibility index (Phi) is 8.86. The predicted molar refractivity (Wildman–Crippen MR) is 145 cm³/mol. The third kappa shape index (κ3) is 6.61. The van der Waals surface area contributed by atoms with Crippen LogP contribution in [-0.2, 0) is 4.79 Å². The summed E-state index contributed by atoms with van der Waals surface area (Å²) in [6.45, 7) is 3.54. The van der Waals surface area contributed by atoms with Crippen molar-refractivity contribution in [1.29, 1.82) is 0 Å². The van der Waals surface area contributed by atoms with E-state index in [1.807, 2.05) is 0 Å². The number of hydrogen-bond donors (Lipinski definition) is 1. The number of hydrogen-bond acceptors (Lipinski definition) is 4. The molecule has 1 aromatic heterocycles. The monoisotopic (exact) mass is 540 g/mol. The number of halogens is 3. The maximum Gasteiger partial charge on any atom is 0.303 e. The minimum Gasteiger partial charge on any atom is -0.497 e. The second kappa shape index (κ2) is 12.1. The number of aromatic nitrogens is 1. The highest BCUT2D eigenvalue weighted by molar-refractivity contribution is 6.32. The van der Waals surface area contributed by atoms with Gasteiger partial charge in [0.05, 0.1) is 30.6 Å². The molecule has 0 radical (unpaired) electrons. The summed E-state index contributed by atoms with van der Waals surface area (Å²) in [5, 5.41) is 10.5. The average Bonchev–Trinajstić information content (AvgIpc) is 2.90. The van der Waals surface area contributed by atoms with Gasteiger partial charge < -0.3 is 9.84 Å². The van der Waals surface area contributed by atoms with E-state index in [2.05, 4.69) is 21.7 Å². The Balaban J connectivity index is 1.42. The van der Waals surface area contributed by atoms with E-state index < -0.39 is 17.6 Å². The molecule has 0 bridgehead atoms. The van der Waals surface area contributed by atoms with Crippen molar-refractivity contribution in [3.05, 3.63) is 70.1 Å². The van der Waals surface area contributed by atoms with Crippen LogP contribution >= 0.6 is 11.6 Å². The molecule has 0 aliphatic carbocycles.